The van der Waals surface area contributed by atoms with Crippen LogP contribution in [0.2, 0.25) is 0 Å². The molecule has 3 N–H and O–H groups in total. The van der Waals surface area contributed by atoms with Gasteiger partial charge in [0.2, 0.25) is 0 Å². The minimum atomic E-state index is -0.748. The van der Waals surface area contributed by atoms with E-state index in [1.807, 2.05) is 30.3 Å². The smallest absolute Gasteiger partial charge is 0.312 e. The molecule has 21 heavy (non-hydrogen) atoms. The van der Waals surface area contributed by atoms with Crippen LogP contribution < -0.4 is 5.73 Å². The second kappa shape index (κ2) is 7.57. The Kier molecular flexibility index (Phi) is 5.76. The van der Waals surface area contributed by atoms with Crippen molar-refractivity contribution in [2.45, 2.75) is 38.1 Å². The number of likely N-dealkylation sites (N-methyl/N-ethyl adjacent to an activating group) is 1. The first kappa shape index (κ1) is 16.0. The summed E-state index contributed by atoms with van der Waals surface area (Å²) < 4.78 is 0. The third kappa shape index (κ3) is 3.83. The van der Waals surface area contributed by atoms with Crippen molar-refractivity contribution in [2.24, 2.45) is 11.7 Å². The SMILES string of the molecule is CCN(CC(C(=O)O)c1ccccc1)C1CCCC1CN. The van der Waals surface area contributed by atoms with Crippen LogP contribution in [0.3, 0.4) is 0 Å². The highest BCUT2D eigenvalue weighted by molar-refractivity contribution is 5.76. The van der Waals surface area contributed by atoms with E-state index in [-0.39, 0.29) is 0 Å². The molecule has 4 nitrogen and oxygen atoms in total. The fourth-order valence-corrected chi connectivity index (χ4v) is 3.52. The quantitative estimate of drug-likeness (QED) is 0.808. The summed E-state index contributed by atoms with van der Waals surface area (Å²) in [5, 5.41) is 9.59. The second-order valence-electron chi connectivity index (χ2n) is 5.88. The molecule has 3 atom stereocenters. The molecule has 0 aliphatic heterocycles. The molecule has 2 rings (SSSR count). The Bertz CT molecular complexity index is 449. The fraction of sp³-hybridized carbons (Fsp3) is 0.588. The summed E-state index contributed by atoms with van der Waals surface area (Å²) in [6.07, 6.45) is 3.50. The first-order chi connectivity index (χ1) is 10.2. The second-order valence-corrected chi connectivity index (χ2v) is 5.88. The van der Waals surface area contributed by atoms with Crippen molar-refractivity contribution in [3.8, 4) is 0 Å². The van der Waals surface area contributed by atoms with Gasteiger partial charge >= 0.3 is 5.97 Å². The molecule has 0 spiro atoms. The van der Waals surface area contributed by atoms with E-state index in [2.05, 4.69) is 11.8 Å². The van der Waals surface area contributed by atoms with Gasteiger partial charge in [-0.1, -0.05) is 43.7 Å². The molecule has 1 aromatic carbocycles. The predicted octanol–water partition coefficient (Wildman–Crippen LogP) is 2.30. The van der Waals surface area contributed by atoms with Gasteiger partial charge < -0.3 is 10.8 Å². The van der Waals surface area contributed by atoms with Gasteiger partial charge in [-0.05, 0) is 37.4 Å². The Morgan fingerprint density at radius 2 is 2.10 bits per heavy atom. The maximum absolute atomic E-state index is 11.7. The van der Waals surface area contributed by atoms with Gasteiger partial charge in [-0.25, -0.2) is 0 Å². The monoisotopic (exact) mass is 290 g/mol. The maximum Gasteiger partial charge on any atom is 0.312 e. The lowest BCUT2D eigenvalue weighted by molar-refractivity contribution is -0.139. The molecule has 0 amide bonds. The summed E-state index contributed by atoms with van der Waals surface area (Å²) in [5.41, 5.74) is 6.76. The molecular weight excluding hydrogens is 264 g/mol. The van der Waals surface area contributed by atoms with Crippen molar-refractivity contribution >= 4 is 5.97 Å². The molecule has 116 valence electrons. The molecule has 0 heterocycles. The van der Waals surface area contributed by atoms with E-state index in [0.29, 0.717) is 25.0 Å². The molecule has 1 aromatic rings. The molecule has 0 aromatic heterocycles. The number of aliphatic carboxylic acids is 1. The lowest BCUT2D eigenvalue weighted by Crippen LogP contribution is -2.43. The number of nitrogens with two attached hydrogens (primary N) is 1. The van der Waals surface area contributed by atoms with Crippen molar-refractivity contribution in [3.63, 3.8) is 0 Å². The number of hydrogen-bond donors (Lipinski definition) is 2. The van der Waals surface area contributed by atoms with Crippen molar-refractivity contribution in [2.75, 3.05) is 19.6 Å². The topological polar surface area (TPSA) is 66.6 Å². The molecule has 0 bridgehead atoms. The van der Waals surface area contributed by atoms with Gasteiger partial charge in [-0.2, -0.15) is 0 Å². The molecule has 1 saturated carbocycles. The van der Waals surface area contributed by atoms with E-state index < -0.39 is 11.9 Å². The average molecular weight is 290 g/mol. The number of benzene rings is 1. The van der Waals surface area contributed by atoms with Crippen molar-refractivity contribution in [3.05, 3.63) is 35.9 Å². The molecule has 0 radical (unpaired) electrons. The van der Waals surface area contributed by atoms with Crippen LogP contribution in [0.1, 0.15) is 37.7 Å². The molecule has 1 aliphatic carbocycles. The van der Waals surface area contributed by atoms with Gasteiger partial charge in [0.15, 0.2) is 0 Å². The summed E-state index contributed by atoms with van der Waals surface area (Å²) in [4.78, 5) is 14.0. The van der Waals surface area contributed by atoms with Gasteiger partial charge in [0.05, 0.1) is 5.92 Å². The highest BCUT2D eigenvalue weighted by Gasteiger charge is 2.33. The van der Waals surface area contributed by atoms with Gasteiger partial charge in [0, 0.05) is 12.6 Å². The number of hydrogen-bond acceptors (Lipinski definition) is 3. The number of carboxylic acids is 1. The van der Waals surface area contributed by atoms with Crippen LogP contribution in [0.25, 0.3) is 0 Å². The summed E-state index contributed by atoms with van der Waals surface area (Å²) in [6.45, 7) is 4.24. The molecule has 1 fully saturated rings. The van der Waals surface area contributed by atoms with Crippen LogP contribution in [0.4, 0.5) is 0 Å². The van der Waals surface area contributed by atoms with Gasteiger partial charge in [-0.3, -0.25) is 9.69 Å². The van der Waals surface area contributed by atoms with Gasteiger partial charge in [-0.15, -0.1) is 0 Å². The van der Waals surface area contributed by atoms with Gasteiger partial charge in [0.25, 0.3) is 0 Å². The minimum Gasteiger partial charge on any atom is -0.481 e. The van der Waals surface area contributed by atoms with E-state index in [9.17, 15) is 9.90 Å². The first-order valence-corrected chi connectivity index (χ1v) is 7.89. The average Bonchev–Trinajstić information content (AvgIpc) is 2.97. The van der Waals surface area contributed by atoms with Crippen LogP contribution in [0.15, 0.2) is 30.3 Å². The Balaban J connectivity index is 2.13. The number of nitrogens with zero attached hydrogens (tertiary/aromatic N) is 1. The Hall–Kier alpha value is -1.39. The highest BCUT2D eigenvalue weighted by Crippen LogP contribution is 2.31. The van der Waals surface area contributed by atoms with Crippen molar-refractivity contribution in [1.82, 2.24) is 4.90 Å². The summed E-state index contributed by atoms with van der Waals surface area (Å²) in [6, 6.07) is 9.97. The normalized spacial score (nSPS) is 23.4. The van der Waals surface area contributed by atoms with Crippen molar-refractivity contribution < 1.29 is 9.90 Å². The Morgan fingerprint density at radius 1 is 1.38 bits per heavy atom. The molecule has 0 saturated heterocycles. The van der Waals surface area contributed by atoms with Crippen molar-refractivity contribution in [1.29, 1.82) is 0 Å². The fourth-order valence-electron chi connectivity index (χ4n) is 3.52. The minimum absolute atomic E-state index is 0.436. The van der Waals surface area contributed by atoms with Crippen LogP contribution in [0, 0.1) is 5.92 Å². The zero-order valence-corrected chi connectivity index (χ0v) is 12.7. The van der Waals surface area contributed by atoms with Crippen LogP contribution in [-0.2, 0) is 4.79 Å². The van der Waals surface area contributed by atoms with Gasteiger partial charge in [0.1, 0.15) is 0 Å². The van der Waals surface area contributed by atoms with Crippen LogP contribution >= 0.6 is 0 Å². The standard InChI is InChI=1S/C17H26N2O2/c1-2-19(16-10-6-9-14(16)11-18)12-15(17(20)21)13-7-4-3-5-8-13/h3-5,7-8,14-16H,2,6,9-12,18H2,1H3,(H,20,21). The van der Waals surface area contributed by atoms with Crippen LogP contribution in [0.5, 0.6) is 0 Å². The lowest BCUT2D eigenvalue weighted by atomic mass is 9.96. The summed E-state index contributed by atoms with van der Waals surface area (Å²) >= 11 is 0. The zero-order chi connectivity index (χ0) is 15.2. The molecule has 1 aliphatic rings. The van der Waals surface area contributed by atoms with Crippen LogP contribution in [-0.4, -0.2) is 41.7 Å². The first-order valence-electron chi connectivity index (χ1n) is 7.89. The molecular formula is C17H26N2O2. The Labute approximate surface area is 126 Å². The summed E-state index contributed by atoms with van der Waals surface area (Å²) in [7, 11) is 0. The lowest BCUT2D eigenvalue weighted by Gasteiger charge is -2.33. The predicted molar refractivity (Wildman–Crippen MR) is 84.2 cm³/mol. The third-order valence-electron chi connectivity index (χ3n) is 4.71. The van der Waals surface area contributed by atoms with E-state index in [4.69, 9.17) is 5.73 Å². The third-order valence-corrected chi connectivity index (χ3v) is 4.71. The number of rotatable bonds is 7. The Morgan fingerprint density at radius 3 is 2.67 bits per heavy atom. The number of carboxylic acid groups (broad SMARTS) is 1. The maximum atomic E-state index is 11.7. The largest absolute Gasteiger partial charge is 0.481 e. The summed E-state index contributed by atoms with van der Waals surface area (Å²) in [5.74, 6) is -0.706. The highest BCUT2D eigenvalue weighted by atomic mass is 16.4. The zero-order valence-electron chi connectivity index (χ0n) is 12.7. The molecule has 4 heteroatoms. The molecule has 3 unspecified atom stereocenters. The van der Waals surface area contributed by atoms with E-state index in [1.165, 1.54) is 12.8 Å². The van der Waals surface area contributed by atoms with E-state index in [1.54, 1.807) is 0 Å². The number of carbonyl (C=O) groups is 1. The van der Waals surface area contributed by atoms with E-state index in [0.717, 1.165) is 18.5 Å². The van der Waals surface area contributed by atoms with E-state index >= 15 is 0 Å².